The minimum Gasteiger partial charge on any atom is -0.491 e. The lowest BCUT2D eigenvalue weighted by atomic mass is 9.77. The molecular formula is C34H43NO5. The highest BCUT2D eigenvalue weighted by Gasteiger charge is 2.55. The Labute approximate surface area is 239 Å². The SMILES string of the molecule is CC(ON1C(C)(C)CC(OCc2ccccc2)(OCc2ccccc2)CC1(C)C)c1ccc(OCC2CO2)cc1. The van der Waals surface area contributed by atoms with Crippen LogP contribution in [0.1, 0.15) is 70.3 Å². The molecule has 6 heteroatoms. The molecule has 2 unspecified atom stereocenters. The first-order chi connectivity index (χ1) is 19.1. The second kappa shape index (κ2) is 12.0. The van der Waals surface area contributed by atoms with Gasteiger partial charge in [0.15, 0.2) is 5.79 Å². The third-order valence-electron chi connectivity index (χ3n) is 7.64. The molecule has 0 N–H and O–H groups in total. The molecule has 2 heterocycles. The van der Waals surface area contributed by atoms with Crippen LogP contribution in [-0.4, -0.2) is 41.2 Å². The molecule has 2 aliphatic heterocycles. The van der Waals surface area contributed by atoms with Crippen molar-refractivity contribution in [1.82, 2.24) is 5.06 Å². The fourth-order valence-electron chi connectivity index (χ4n) is 5.86. The molecule has 2 aliphatic rings. The summed E-state index contributed by atoms with van der Waals surface area (Å²) < 4.78 is 24.5. The number of rotatable bonds is 12. The summed E-state index contributed by atoms with van der Waals surface area (Å²) in [7, 11) is 0. The van der Waals surface area contributed by atoms with Crippen molar-refractivity contribution in [3.8, 4) is 5.75 Å². The van der Waals surface area contributed by atoms with Gasteiger partial charge in [-0.1, -0.05) is 72.8 Å². The van der Waals surface area contributed by atoms with Crippen LogP contribution in [0.2, 0.25) is 0 Å². The minimum absolute atomic E-state index is 0.137. The van der Waals surface area contributed by atoms with E-state index in [1.54, 1.807) is 0 Å². The fraction of sp³-hybridized carbons (Fsp3) is 0.471. The molecule has 2 atom stereocenters. The van der Waals surface area contributed by atoms with Crippen LogP contribution in [0.5, 0.6) is 5.75 Å². The number of nitrogens with zero attached hydrogens (tertiary/aromatic N) is 1. The lowest BCUT2D eigenvalue weighted by Gasteiger charge is -2.58. The van der Waals surface area contributed by atoms with Crippen LogP contribution in [0.3, 0.4) is 0 Å². The molecule has 0 aliphatic carbocycles. The Hall–Kier alpha value is -2.74. The zero-order valence-corrected chi connectivity index (χ0v) is 24.5. The van der Waals surface area contributed by atoms with Crippen molar-refractivity contribution in [1.29, 1.82) is 0 Å². The standard InChI is InChI=1S/C34H43NO5/c1-26(29-16-18-30(19-17-29)36-22-31-23-37-31)40-35-32(2,3)24-34(25-33(35,4)5,38-20-27-12-8-6-9-13-27)39-21-28-14-10-7-11-15-28/h6-19,26,31H,20-25H2,1-5H3. The highest BCUT2D eigenvalue weighted by atomic mass is 16.7. The van der Waals surface area contributed by atoms with Gasteiger partial charge in [-0.2, -0.15) is 5.06 Å². The maximum absolute atomic E-state index is 6.74. The van der Waals surface area contributed by atoms with E-state index >= 15 is 0 Å². The lowest BCUT2D eigenvalue weighted by Crippen LogP contribution is -2.66. The van der Waals surface area contributed by atoms with Crippen molar-refractivity contribution in [2.75, 3.05) is 13.2 Å². The summed E-state index contributed by atoms with van der Waals surface area (Å²) >= 11 is 0. The molecule has 0 amide bonds. The predicted molar refractivity (Wildman–Crippen MR) is 156 cm³/mol. The molecule has 5 rings (SSSR count). The minimum atomic E-state index is -0.772. The summed E-state index contributed by atoms with van der Waals surface area (Å²) in [5.74, 6) is 0.0764. The Bertz CT molecular complexity index is 1140. The second-order valence-corrected chi connectivity index (χ2v) is 12.3. The first-order valence-corrected chi connectivity index (χ1v) is 14.3. The van der Waals surface area contributed by atoms with Gasteiger partial charge < -0.3 is 18.9 Å². The van der Waals surface area contributed by atoms with Crippen molar-refractivity contribution >= 4 is 0 Å². The van der Waals surface area contributed by atoms with Gasteiger partial charge in [0.05, 0.1) is 19.8 Å². The molecule has 2 fully saturated rings. The second-order valence-electron chi connectivity index (χ2n) is 12.3. The van der Waals surface area contributed by atoms with E-state index in [2.05, 4.69) is 76.1 Å². The van der Waals surface area contributed by atoms with Crippen molar-refractivity contribution in [3.05, 3.63) is 102 Å². The van der Waals surface area contributed by atoms with Crippen LogP contribution in [0, 0.1) is 0 Å². The molecule has 3 aromatic carbocycles. The van der Waals surface area contributed by atoms with Gasteiger partial charge >= 0.3 is 0 Å². The molecular weight excluding hydrogens is 502 g/mol. The van der Waals surface area contributed by atoms with E-state index in [1.807, 2.05) is 48.5 Å². The topological polar surface area (TPSA) is 52.7 Å². The molecule has 0 bridgehead atoms. The largest absolute Gasteiger partial charge is 0.491 e. The smallest absolute Gasteiger partial charge is 0.172 e. The Kier molecular flexibility index (Phi) is 8.64. The van der Waals surface area contributed by atoms with E-state index in [0.717, 1.165) is 29.0 Å². The predicted octanol–water partition coefficient (Wildman–Crippen LogP) is 7.24. The highest BCUT2D eigenvalue weighted by molar-refractivity contribution is 5.28. The fourth-order valence-corrected chi connectivity index (χ4v) is 5.86. The zero-order chi connectivity index (χ0) is 28.2. The molecule has 0 radical (unpaired) electrons. The number of benzene rings is 3. The molecule has 0 saturated carbocycles. The van der Waals surface area contributed by atoms with Crippen molar-refractivity contribution in [3.63, 3.8) is 0 Å². The van der Waals surface area contributed by atoms with E-state index < -0.39 is 5.79 Å². The summed E-state index contributed by atoms with van der Waals surface area (Å²) in [5.41, 5.74) is 2.63. The van der Waals surface area contributed by atoms with Gasteiger partial charge in [0, 0.05) is 23.9 Å². The first kappa shape index (κ1) is 28.8. The molecule has 0 spiro atoms. The van der Waals surface area contributed by atoms with Crippen LogP contribution < -0.4 is 4.74 Å². The van der Waals surface area contributed by atoms with Gasteiger partial charge in [0.1, 0.15) is 24.6 Å². The van der Waals surface area contributed by atoms with Crippen LogP contribution in [0.15, 0.2) is 84.9 Å². The quantitative estimate of drug-likeness (QED) is 0.177. The van der Waals surface area contributed by atoms with E-state index in [4.69, 9.17) is 23.8 Å². The maximum atomic E-state index is 6.74. The van der Waals surface area contributed by atoms with Gasteiger partial charge in [-0.25, -0.2) is 0 Å². The normalized spacial score (nSPS) is 22.0. The number of hydrogen-bond acceptors (Lipinski definition) is 6. The zero-order valence-electron chi connectivity index (χ0n) is 24.5. The Morgan fingerprint density at radius 3 is 1.75 bits per heavy atom. The van der Waals surface area contributed by atoms with Gasteiger partial charge in [-0.05, 0) is 63.4 Å². The molecule has 6 nitrogen and oxygen atoms in total. The third-order valence-corrected chi connectivity index (χ3v) is 7.64. The molecule has 0 aromatic heterocycles. The summed E-state index contributed by atoms with van der Waals surface area (Å²) in [4.78, 5) is 6.74. The van der Waals surface area contributed by atoms with Crippen molar-refractivity contribution < 1.29 is 23.8 Å². The van der Waals surface area contributed by atoms with Gasteiger partial charge in [-0.15, -0.1) is 0 Å². The van der Waals surface area contributed by atoms with E-state index in [-0.39, 0.29) is 23.3 Å². The maximum Gasteiger partial charge on any atom is 0.172 e. The van der Waals surface area contributed by atoms with Crippen LogP contribution in [0.4, 0.5) is 0 Å². The lowest BCUT2D eigenvalue weighted by molar-refractivity contribution is -0.372. The average molecular weight is 546 g/mol. The average Bonchev–Trinajstić information content (AvgIpc) is 3.77. The Balaban J connectivity index is 1.31. The Morgan fingerprint density at radius 2 is 1.27 bits per heavy atom. The molecule has 214 valence electrons. The van der Waals surface area contributed by atoms with Gasteiger partial charge in [0.2, 0.25) is 0 Å². The number of epoxide rings is 1. The summed E-state index contributed by atoms with van der Waals surface area (Å²) in [6.45, 7) is 13.3. The summed E-state index contributed by atoms with van der Waals surface area (Å²) in [6.07, 6.45) is 1.42. The van der Waals surface area contributed by atoms with Gasteiger partial charge in [0.25, 0.3) is 0 Å². The molecule has 40 heavy (non-hydrogen) atoms. The van der Waals surface area contributed by atoms with E-state index in [1.165, 1.54) is 0 Å². The third kappa shape index (κ3) is 7.31. The monoisotopic (exact) mass is 545 g/mol. The van der Waals surface area contributed by atoms with Crippen LogP contribution in [0.25, 0.3) is 0 Å². The number of hydrogen-bond donors (Lipinski definition) is 0. The van der Waals surface area contributed by atoms with Gasteiger partial charge in [-0.3, -0.25) is 4.84 Å². The summed E-state index contributed by atoms with van der Waals surface area (Å²) in [5, 5.41) is 2.16. The van der Waals surface area contributed by atoms with E-state index in [9.17, 15) is 0 Å². The Morgan fingerprint density at radius 1 is 0.775 bits per heavy atom. The van der Waals surface area contributed by atoms with Crippen LogP contribution in [-0.2, 0) is 32.3 Å². The van der Waals surface area contributed by atoms with Crippen molar-refractivity contribution in [2.45, 2.75) is 89.7 Å². The number of ether oxygens (including phenoxy) is 4. The first-order valence-electron chi connectivity index (χ1n) is 14.3. The number of piperidine rings is 1. The van der Waals surface area contributed by atoms with Crippen molar-refractivity contribution in [2.24, 2.45) is 0 Å². The molecule has 3 aromatic rings. The van der Waals surface area contributed by atoms with E-state index in [0.29, 0.717) is 32.7 Å². The van der Waals surface area contributed by atoms with Crippen LogP contribution >= 0.6 is 0 Å². The molecule has 2 saturated heterocycles. The number of hydroxylamine groups is 2. The summed E-state index contributed by atoms with van der Waals surface area (Å²) in [6, 6.07) is 28.8. The highest BCUT2D eigenvalue weighted by Crippen LogP contribution is 2.48.